The average Bonchev–Trinajstić information content (AvgIpc) is 2.72. The third-order valence-electron chi connectivity index (χ3n) is 1.77. The lowest BCUT2D eigenvalue weighted by Crippen LogP contribution is -2.08. The summed E-state index contributed by atoms with van der Waals surface area (Å²) < 4.78 is 41.2. The molecule has 18 heavy (non-hydrogen) atoms. The molecule has 0 unspecified atom stereocenters. The van der Waals surface area contributed by atoms with Gasteiger partial charge in [-0.1, -0.05) is 27.9 Å². The van der Waals surface area contributed by atoms with Gasteiger partial charge in [-0.3, -0.25) is 0 Å². The van der Waals surface area contributed by atoms with E-state index >= 15 is 0 Å². The molecule has 0 spiro atoms. The summed E-state index contributed by atoms with van der Waals surface area (Å²) in [5.41, 5.74) is -0.463. The summed E-state index contributed by atoms with van der Waals surface area (Å²) in [4.78, 5) is 7.16. The molecule has 0 amide bonds. The van der Waals surface area contributed by atoms with Gasteiger partial charge < -0.3 is 0 Å². The fourth-order valence-electron chi connectivity index (χ4n) is 0.984. The van der Waals surface area contributed by atoms with Gasteiger partial charge in [-0.25, -0.2) is 9.97 Å². The van der Waals surface area contributed by atoms with Crippen molar-refractivity contribution >= 4 is 34.9 Å². The maximum atomic E-state index is 12.4. The number of thioether (sulfide) groups is 1. The van der Waals surface area contributed by atoms with Crippen molar-refractivity contribution < 1.29 is 13.2 Å². The summed E-state index contributed by atoms with van der Waals surface area (Å²) in [6.45, 7) is 0. The van der Waals surface area contributed by atoms with Gasteiger partial charge in [0.25, 0.3) is 0 Å². The van der Waals surface area contributed by atoms with Crippen molar-refractivity contribution in [2.45, 2.75) is 17.1 Å². The van der Waals surface area contributed by atoms with Gasteiger partial charge in [0, 0.05) is 23.5 Å². The number of halogens is 4. The molecule has 0 saturated heterocycles. The Morgan fingerprint density at radius 2 is 2.17 bits per heavy atom. The van der Waals surface area contributed by atoms with Crippen molar-refractivity contribution in [3.8, 4) is 0 Å². The molecule has 2 aromatic heterocycles. The Bertz CT molecular complexity index is 545. The molecule has 4 nitrogen and oxygen atoms in total. The van der Waals surface area contributed by atoms with Gasteiger partial charge in [0.05, 0.1) is 0 Å². The van der Waals surface area contributed by atoms with Crippen LogP contribution in [0.25, 0.3) is 0 Å². The zero-order chi connectivity index (χ0) is 13.2. The van der Waals surface area contributed by atoms with Gasteiger partial charge >= 0.3 is 6.18 Å². The number of alkyl halides is 3. The van der Waals surface area contributed by atoms with Crippen molar-refractivity contribution in [1.82, 2.24) is 19.6 Å². The van der Waals surface area contributed by atoms with Crippen LogP contribution in [0.4, 0.5) is 13.2 Å². The van der Waals surface area contributed by atoms with E-state index in [-0.39, 0.29) is 10.9 Å². The quantitative estimate of drug-likeness (QED) is 0.643. The third kappa shape index (κ3) is 3.30. The Labute approximate surface area is 113 Å². The SMILES string of the molecule is FC(F)(F)c1ccnc(SCc2nnsc2Cl)n1. The summed E-state index contributed by atoms with van der Waals surface area (Å²) in [6.07, 6.45) is -3.41. The molecule has 2 rings (SSSR count). The lowest BCUT2D eigenvalue weighted by Gasteiger charge is -2.05. The highest BCUT2D eigenvalue weighted by Gasteiger charge is 2.32. The van der Waals surface area contributed by atoms with E-state index in [0.717, 1.165) is 35.6 Å². The predicted octanol–water partition coefficient (Wildman–Crippen LogP) is 3.29. The standard InChI is InChI=1S/C8H4ClF3N4S2/c9-6-4(15-16-18-6)3-17-7-13-2-1-5(14-7)8(10,11)12/h1-2H,3H2. The molecule has 0 fully saturated rings. The Kier molecular flexibility index (Phi) is 4.03. The number of rotatable bonds is 3. The minimum absolute atomic E-state index is 0.0221. The van der Waals surface area contributed by atoms with E-state index in [1.807, 2.05) is 0 Å². The van der Waals surface area contributed by atoms with Crippen LogP contribution >= 0.6 is 34.9 Å². The summed E-state index contributed by atoms with van der Waals surface area (Å²) in [5.74, 6) is 0.274. The molecule has 0 radical (unpaired) electrons. The van der Waals surface area contributed by atoms with E-state index < -0.39 is 11.9 Å². The second-order valence-electron chi connectivity index (χ2n) is 3.00. The molecule has 10 heteroatoms. The first-order chi connectivity index (χ1) is 8.47. The first kappa shape index (κ1) is 13.5. The molecule has 96 valence electrons. The molecule has 0 saturated carbocycles. The van der Waals surface area contributed by atoms with E-state index in [4.69, 9.17) is 11.6 Å². The van der Waals surface area contributed by atoms with Crippen molar-refractivity contribution in [3.63, 3.8) is 0 Å². The lowest BCUT2D eigenvalue weighted by atomic mass is 10.4. The molecule has 2 heterocycles. The van der Waals surface area contributed by atoms with Crippen LogP contribution in [0.3, 0.4) is 0 Å². The van der Waals surface area contributed by atoms with E-state index in [1.165, 1.54) is 0 Å². The normalized spacial score (nSPS) is 11.8. The summed E-state index contributed by atoms with van der Waals surface area (Å²) >= 11 is 7.81. The number of hydrogen-bond acceptors (Lipinski definition) is 6. The van der Waals surface area contributed by atoms with Crippen LogP contribution in [0.2, 0.25) is 4.34 Å². The Morgan fingerprint density at radius 1 is 1.39 bits per heavy atom. The molecule has 0 bridgehead atoms. The largest absolute Gasteiger partial charge is 0.433 e. The molecular formula is C8H4ClF3N4S2. The van der Waals surface area contributed by atoms with Crippen molar-refractivity contribution in [2.24, 2.45) is 0 Å². The first-order valence-corrected chi connectivity index (χ1v) is 6.60. The smallest absolute Gasteiger partial charge is 0.231 e. The van der Waals surface area contributed by atoms with Gasteiger partial charge in [-0.05, 0) is 6.07 Å². The maximum Gasteiger partial charge on any atom is 0.433 e. The molecule has 0 aliphatic rings. The first-order valence-electron chi connectivity index (χ1n) is 4.46. The van der Waals surface area contributed by atoms with Gasteiger partial charge in [-0.15, -0.1) is 5.10 Å². The molecule has 0 atom stereocenters. The van der Waals surface area contributed by atoms with Gasteiger partial charge in [-0.2, -0.15) is 13.2 Å². The fraction of sp³-hybridized carbons (Fsp3) is 0.250. The van der Waals surface area contributed by atoms with Gasteiger partial charge in [0.2, 0.25) is 0 Å². The summed E-state index contributed by atoms with van der Waals surface area (Å²) in [5, 5.41) is 3.76. The third-order valence-corrected chi connectivity index (χ3v) is 3.63. The van der Waals surface area contributed by atoms with Crippen LogP contribution in [-0.2, 0) is 11.9 Å². The van der Waals surface area contributed by atoms with Crippen molar-refractivity contribution in [1.29, 1.82) is 0 Å². The van der Waals surface area contributed by atoms with E-state index in [2.05, 4.69) is 19.6 Å². The van der Waals surface area contributed by atoms with Gasteiger partial charge in [0.15, 0.2) is 5.16 Å². The highest BCUT2D eigenvalue weighted by atomic mass is 35.5. The molecule has 0 N–H and O–H groups in total. The zero-order valence-corrected chi connectivity index (χ0v) is 10.9. The number of nitrogens with zero attached hydrogens (tertiary/aromatic N) is 4. The predicted molar refractivity (Wildman–Crippen MR) is 61.5 cm³/mol. The fourth-order valence-corrected chi connectivity index (χ4v) is 2.55. The van der Waals surface area contributed by atoms with Crippen molar-refractivity contribution in [2.75, 3.05) is 0 Å². The Balaban J connectivity index is 2.09. The second kappa shape index (κ2) is 5.37. The van der Waals surface area contributed by atoms with Crippen molar-refractivity contribution in [3.05, 3.63) is 28.0 Å². The highest BCUT2D eigenvalue weighted by molar-refractivity contribution is 7.98. The highest BCUT2D eigenvalue weighted by Crippen LogP contribution is 2.29. The summed E-state index contributed by atoms with van der Waals surface area (Å²) in [7, 11) is 0. The van der Waals surface area contributed by atoms with Crippen LogP contribution in [0.5, 0.6) is 0 Å². The average molecular weight is 313 g/mol. The van der Waals surface area contributed by atoms with E-state index in [0.29, 0.717) is 10.0 Å². The molecule has 2 aromatic rings. The van der Waals surface area contributed by atoms with Crippen LogP contribution in [-0.4, -0.2) is 19.6 Å². The molecular weight excluding hydrogens is 309 g/mol. The van der Waals surface area contributed by atoms with E-state index in [9.17, 15) is 13.2 Å². The van der Waals surface area contributed by atoms with Crippen LogP contribution in [0.15, 0.2) is 17.4 Å². The molecule has 0 aliphatic carbocycles. The number of aromatic nitrogens is 4. The summed E-state index contributed by atoms with van der Waals surface area (Å²) in [6, 6.07) is 0.821. The van der Waals surface area contributed by atoms with Gasteiger partial charge in [0.1, 0.15) is 15.7 Å². The molecule has 0 aromatic carbocycles. The van der Waals surface area contributed by atoms with Crippen LogP contribution in [0.1, 0.15) is 11.4 Å². The maximum absolute atomic E-state index is 12.4. The zero-order valence-electron chi connectivity index (χ0n) is 8.48. The lowest BCUT2D eigenvalue weighted by molar-refractivity contribution is -0.141. The van der Waals surface area contributed by atoms with E-state index in [1.54, 1.807) is 0 Å². The minimum atomic E-state index is -4.47. The molecule has 0 aliphatic heterocycles. The Morgan fingerprint density at radius 3 is 2.78 bits per heavy atom. The minimum Gasteiger partial charge on any atom is -0.231 e. The van der Waals surface area contributed by atoms with Crippen LogP contribution < -0.4 is 0 Å². The number of hydrogen-bond donors (Lipinski definition) is 0. The second-order valence-corrected chi connectivity index (χ2v) is 5.30. The monoisotopic (exact) mass is 312 g/mol. The van der Waals surface area contributed by atoms with Crippen LogP contribution in [0, 0.1) is 0 Å². The topological polar surface area (TPSA) is 51.6 Å². The Hall–Kier alpha value is -0.930.